The second kappa shape index (κ2) is 6.33. The number of aryl methyl sites for hydroxylation is 2. The number of hydrogen-bond acceptors (Lipinski definition) is 5. The molecular formula is C19H22N6O. The summed E-state index contributed by atoms with van der Waals surface area (Å²) in [5, 5.41) is 14.0. The molecule has 1 aliphatic rings. The maximum atomic E-state index is 12.5. The predicted octanol–water partition coefficient (Wildman–Crippen LogP) is 3.02. The number of carbonyl (C=O) groups is 1. The van der Waals surface area contributed by atoms with Gasteiger partial charge in [-0.1, -0.05) is 6.07 Å². The topological polar surface area (TPSA) is 83.3 Å². The molecule has 0 atom stereocenters. The summed E-state index contributed by atoms with van der Waals surface area (Å²) in [6.07, 6.45) is 3.65. The molecule has 0 spiro atoms. The van der Waals surface area contributed by atoms with Crippen LogP contribution in [-0.2, 0) is 0 Å². The van der Waals surface area contributed by atoms with E-state index >= 15 is 0 Å². The average molecular weight is 350 g/mol. The lowest BCUT2D eigenvalue weighted by Crippen LogP contribution is -2.27. The molecule has 7 heteroatoms. The Bertz CT molecular complexity index is 969. The van der Waals surface area contributed by atoms with Crippen molar-refractivity contribution in [2.45, 2.75) is 32.7 Å². The molecule has 2 aromatic heterocycles. The summed E-state index contributed by atoms with van der Waals surface area (Å²) < 4.78 is 1.59. The van der Waals surface area contributed by atoms with Gasteiger partial charge in [-0.2, -0.15) is 0 Å². The Morgan fingerprint density at radius 1 is 1.15 bits per heavy atom. The normalized spacial score (nSPS) is 13.7. The second-order valence-corrected chi connectivity index (χ2v) is 6.82. The van der Waals surface area contributed by atoms with Crippen molar-refractivity contribution in [2.24, 2.45) is 0 Å². The largest absolute Gasteiger partial charge is 0.385 e. The smallest absolute Gasteiger partial charge is 0.271 e. The van der Waals surface area contributed by atoms with Gasteiger partial charge in [0, 0.05) is 24.8 Å². The van der Waals surface area contributed by atoms with Crippen molar-refractivity contribution in [3.05, 3.63) is 47.3 Å². The van der Waals surface area contributed by atoms with E-state index in [-0.39, 0.29) is 11.9 Å². The molecule has 2 heterocycles. The number of aromatic nitrogens is 3. The van der Waals surface area contributed by atoms with Gasteiger partial charge in [0.15, 0.2) is 17.2 Å². The molecule has 1 amide bonds. The summed E-state index contributed by atoms with van der Waals surface area (Å²) >= 11 is 0. The van der Waals surface area contributed by atoms with Gasteiger partial charge >= 0.3 is 0 Å². The number of imidazole rings is 1. The zero-order valence-electron chi connectivity index (χ0n) is 15.1. The number of nitrogens with zero attached hydrogens (tertiary/aromatic N) is 3. The van der Waals surface area contributed by atoms with E-state index in [1.807, 2.05) is 13.1 Å². The van der Waals surface area contributed by atoms with E-state index in [1.165, 1.54) is 11.1 Å². The maximum absolute atomic E-state index is 12.5. The molecule has 1 fully saturated rings. The predicted molar refractivity (Wildman–Crippen MR) is 102 cm³/mol. The van der Waals surface area contributed by atoms with E-state index in [9.17, 15) is 4.79 Å². The van der Waals surface area contributed by atoms with E-state index < -0.39 is 0 Å². The Labute approximate surface area is 151 Å². The number of nitrogens with one attached hydrogen (secondary N) is 3. The Morgan fingerprint density at radius 3 is 2.54 bits per heavy atom. The number of hydrogen-bond donors (Lipinski definition) is 3. The highest BCUT2D eigenvalue weighted by atomic mass is 16.2. The molecule has 0 radical (unpaired) electrons. The average Bonchev–Trinajstić information content (AvgIpc) is 3.29. The van der Waals surface area contributed by atoms with Crippen LogP contribution in [0.25, 0.3) is 5.65 Å². The minimum absolute atomic E-state index is 0.141. The van der Waals surface area contributed by atoms with Gasteiger partial charge in [-0.25, -0.2) is 9.50 Å². The van der Waals surface area contributed by atoms with Crippen molar-refractivity contribution in [1.29, 1.82) is 0 Å². The van der Waals surface area contributed by atoms with Crippen LogP contribution in [-0.4, -0.2) is 33.6 Å². The number of carbonyl (C=O) groups excluding carboxylic acids is 1. The zero-order valence-corrected chi connectivity index (χ0v) is 15.1. The van der Waals surface area contributed by atoms with Crippen LogP contribution in [0.2, 0.25) is 0 Å². The van der Waals surface area contributed by atoms with E-state index in [0.717, 1.165) is 24.2 Å². The number of amides is 1. The first-order valence-electron chi connectivity index (χ1n) is 8.76. The quantitative estimate of drug-likeness (QED) is 0.659. The van der Waals surface area contributed by atoms with Crippen LogP contribution >= 0.6 is 0 Å². The molecule has 1 aliphatic carbocycles. The molecule has 0 bridgehead atoms. The molecule has 3 N–H and O–H groups in total. The Hall–Kier alpha value is -3.09. The van der Waals surface area contributed by atoms with E-state index in [0.29, 0.717) is 17.2 Å². The van der Waals surface area contributed by atoms with E-state index in [1.54, 1.807) is 10.7 Å². The molecule has 1 saturated carbocycles. The minimum Gasteiger partial charge on any atom is -0.385 e. The van der Waals surface area contributed by atoms with Gasteiger partial charge in [0.25, 0.3) is 5.91 Å². The highest BCUT2D eigenvalue weighted by Crippen LogP contribution is 2.24. The monoisotopic (exact) mass is 350 g/mol. The molecule has 0 unspecified atom stereocenters. The van der Waals surface area contributed by atoms with Crippen LogP contribution in [0.1, 0.15) is 34.5 Å². The summed E-state index contributed by atoms with van der Waals surface area (Å²) in [7, 11) is 1.83. The summed E-state index contributed by atoms with van der Waals surface area (Å²) in [6, 6.07) is 8.42. The van der Waals surface area contributed by atoms with Crippen LogP contribution in [0.15, 0.2) is 30.5 Å². The van der Waals surface area contributed by atoms with Crippen molar-refractivity contribution in [1.82, 2.24) is 19.9 Å². The third-order valence-corrected chi connectivity index (χ3v) is 4.38. The Kier molecular flexibility index (Phi) is 3.99. The van der Waals surface area contributed by atoms with Crippen molar-refractivity contribution < 1.29 is 4.79 Å². The molecule has 0 saturated heterocycles. The van der Waals surface area contributed by atoms with Gasteiger partial charge in [-0.3, -0.25) is 4.79 Å². The van der Waals surface area contributed by atoms with Gasteiger partial charge in [0.2, 0.25) is 0 Å². The molecule has 3 aromatic rings. The highest BCUT2D eigenvalue weighted by molar-refractivity contribution is 5.94. The van der Waals surface area contributed by atoms with Crippen molar-refractivity contribution in [3.63, 3.8) is 0 Å². The Morgan fingerprint density at radius 2 is 1.88 bits per heavy atom. The van der Waals surface area contributed by atoms with Gasteiger partial charge in [-0.15, -0.1) is 5.10 Å². The third kappa shape index (κ3) is 3.20. The number of anilines is 3. The van der Waals surface area contributed by atoms with Crippen molar-refractivity contribution in [2.75, 3.05) is 17.7 Å². The number of fused-ring (bicyclic) bond motifs is 1. The summed E-state index contributed by atoms with van der Waals surface area (Å²) in [5.74, 6) is 0.503. The van der Waals surface area contributed by atoms with Gasteiger partial charge in [0.05, 0.1) is 11.9 Å². The molecule has 26 heavy (non-hydrogen) atoms. The Balaban J connectivity index is 1.73. The lowest BCUT2D eigenvalue weighted by atomic mass is 10.1. The fraction of sp³-hybridized carbons (Fsp3) is 0.316. The van der Waals surface area contributed by atoms with E-state index in [4.69, 9.17) is 0 Å². The summed E-state index contributed by atoms with van der Waals surface area (Å²) in [6.45, 7) is 4.12. The summed E-state index contributed by atoms with van der Waals surface area (Å²) in [5.41, 5.74) is 5.17. The van der Waals surface area contributed by atoms with Crippen molar-refractivity contribution >= 4 is 28.7 Å². The SMILES string of the molecule is CNc1cc(Nc2cc(C)cc(C)c2)nn2c(C(=O)NC3CC3)cnc12. The minimum atomic E-state index is -0.141. The maximum Gasteiger partial charge on any atom is 0.271 e. The van der Waals surface area contributed by atoms with Gasteiger partial charge in [-0.05, 0) is 49.9 Å². The molecule has 7 nitrogen and oxygen atoms in total. The van der Waals surface area contributed by atoms with Crippen LogP contribution in [0.3, 0.4) is 0 Å². The molecule has 4 rings (SSSR count). The molecule has 0 aliphatic heterocycles. The molecular weight excluding hydrogens is 328 g/mol. The first kappa shape index (κ1) is 16.4. The van der Waals surface area contributed by atoms with Crippen LogP contribution < -0.4 is 16.0 Å². The van der Waals surface area contributed by atoms with Crippen LogP contribution in [0.4, 0.5) is 17.2 Å². The fourth-order valence-electron chi connectivity index (χ4n) is 3.05. The van der Waals surface area contributed by atoms with Gasteiger partial charge < -0.3 is 16.0 Å². The number of rotatable bonds is 5. The highest BCUT2D eigenvalue weighted by Gasteiger charge is 2.26. The lowest BCUT2D eigenvalue weighted by Gasteiger charge is -2.11. The standard InChI is InChI=1S/C19H22N6O/c1-11-6-12(2)8-14(7-11)22-17-9-15(20-3)18-21-10-16(25(18)24-17)19(26)23-13-4-5-13/h6-10,13,20H,4-5H2,1-3H3,(H,22,24)(H,23,26). The first-order chi connectivity index (χ1) is 12.5. The first-order valence-corrected chi connectivity index (χ1v) is 8.76. The number of benzene rings is 1. The van der Waals surface area contributed by atoms with Gasteiger partial charge in [0.1, 0.15) is 0 Å². The zero-order chi connectivity index (χ0) is 18.3. The van der Waals surface area contributed by atoms with Crippen LogP contribution in [0, 0.1) is 13.8 Å². The van der Waals surface area contributed by atoms with Crippen molar-refractivity contribution in [3.8, 4) is 0 Å². The lowest BCUT2D eigenvalue weighted by molar-refractivity contribution is 0.0944. The molecule has 1 aromatic carbocycles. The van der Waals surface area contributed by atoms with E-state index in [2.05, 4.69) is 58.1 Å². The third-order valence-electron chi connectivity index (χ3n) is 4.38. The summed E-state index contributed by atoms with van der Waals surface area (Å²) in [4.78, 5) is 16.8. The van der Waals surface area contributed by atoms with Crippen LogP contribution in [0.5, 0.6) is 0 Å². The fourth-order valence-corrected chi connectivity index (χ4v) is 3.05. The molecule has 134 valence electrons. The second-order valence-electron chi connectivity index (χ2n) is 6.82.